The molecule has 4 heteroatoms. The summed E-state index contributed by atoms with van der Waals surface area (Å²) in [7, 11) is 0. The maximum absolute atomic E-state index is 11.1. The molecule has 0 unspecified atom stereocenters. The standard InChI is InChI=1S/C10H15N3O/c1-4-5-12-6-9(14)13-8-10(2,3)7-11/h1,12H,5-6,8H2,2-3H3,(H,13,14). The van der Waals surface area contributed by atoms with Gasteiger partial charge in [0.2, 0.25) is 5.91 Å². The molecule has 0 atom stereocenters. The summed E-state index contributed by atoms with van der Waals surface area (Å²) in [6, 6.07) is 2.10. The minimum atomic E-state index is -0.526. The van der Waals surface area contributed by atoms with E-state index < -0.39 is 5.41 Å². The van der Waals surface area contributed by atoms with E-state index in [4.69, 9.17) is 11.7 Å². The average Bonchev–Trinajstić information content (AvgIpc) is 2.16. The minimum absolute atomic E-state index is 0.149. The summed E-state index contributed by atoms with van der Waals surface area (Å²) in [5.41, 5.74) is -0.526. The van der Waals surface area contributed by atoms with E-state index in [9.17, 15) is 4.79 Å². The van der Waals surface area contributed by atoms with Gasteiger partial charge in [0.1, 0.15) is 0 Å². The Morgan fingerprint density at radius 3 is 2.71 bits per heavy atom. The number of nitrogens with zero attached hydrogens (tertiary/aromatic N) is 1. The second-order valence-corrected chi connectivity index (χ2v) is 3.58. The number of nitrogens with one attached hydrogen (secondary N) is 2. The van der Waals surface area contributed by atoms with Crippen molar-refractivity contribution in [2.24, 2.45) is 5.41 Å². The second kappa shape index (κ2) is 6.01. The Morgan fingerprint density at radius 1 is 1.57 bits per heavy atom. The summed E-state index contributed by atoms with van der Waals surface area (Å²) >= 11 is 0. The third kappa shape index (κ3) is 6.05. The van der Waals surface area contributed by atoms with Crippen LogP contribution in [-0.4, -0.2) is 25.5 Å². The van der Waals surface area contributed by atoms with Crippen LogP contribution in [0.2, 0.25) is 0 Å². The first-order chi connectivity index (χ1) is 6.52. The Balaban J connectivity index is 3.66. The van der Waals surface area contributed by atoms with Crippen molar-refractivity contribution in [3.8, 4) is 18.4 Å². The number of carbonyl (C=O) groups is 1. The highest BCUT2D eigenvalue weighted by molar-refractivity contribution is 5.78. The van der Waals surface area contributed by atoms with E-state index in [1.807, 2.05) is 0 Å². The van der Waals surface area contributed by atoms with Crippen LogP contribution >= 0.6 is 0 Å². The summed E-state index contributed by atoms with van der Waals surface area (Å²) in [5, 5.41) is 14.1. The molecule has 0 aliphatic rings. The average molecular weight is 193 g/mol. The molecule has 0 saturated heterocycles. The number of rotatable bonds is 5. The fourth-order valence-corrected chi connectivity index (χ4v) is 0.670. The summed E-state index contributed by atoms with van der Waals surface area (Å²) in [6.07, 6.45) is 4.99. The predicted molar refractivity (Wildman–Crippen MR) is 54.1 cm³/mol. The van der Waals surface area contributed by atoms with Gasteiger partial charge in [0.05, 0.1) is 24.6 Å². The number of terminal acetylenes is 1. The van der Waals surface area contributed by atoms with Crippen LogP contribution in [0.4, 0.5) is 0 Å². The van der Waals surface area contributed by atoms with Gasteiger partial charge in [-0.1, -0.05) is 5.92 Å². The molecule has 0 saturated carbocycles. The zero-order valence-electron chi connectivity index (χ0n) is 8.55. The third-order valence-corrected chi connectivity index (χ3v) is 1.54. The lowest BCUT2D eigenvalue weighted by atomic mass is 9.96. The Labute approximate surface area is 84.7 Å². The molecule has 1 amide bonds. The largest absolute Gasteiger partial charge is 0.353 e. The van der Waals surface area contributed by atoms with Gasteiger partial charge in [-0.25, -0.2) is 0 Å². The fraction of sp³-hybridized carbons (Fsp3) is 0.600. The molecule has 0 radical (unpaired) electrons. The minimum Gasteiger partial charge on any atom is -0.353 e. The van der Waals surface area contributed by atoms with E-state index in [0.717, 1.165) is 0 Å². The first kappa shape index (κ1) is 12.5. The van der Waals surface area contributed by atoms with Crippen molar-refractivity contribution in [3.63, 3.8) is 0 Å². The molecule has 0 aromatic rings. The molecule has 0 fully saturated rings. The smallest absolute Gasteiger partial charge is 0.234 e. The van der Waals surface area contributed by atoms with Gasteiger partial charge in [0.15, 0.2) is 0 Å². The third-order valence-electron chi connectivity index (χ3n) is 1.54. The summed E-state index contributed by atoms with van der Waals surface area (Å²) in [5.74, 6) is 2.21. The molecule has 0 aromatic heterocycles. The quantitative estimate of drug-likeness (QED) is 0.472. The van der Waals surface area contributed by atoms with Crippen LogP contribution in [0.15, 0.2) is 0 Å². The van der Waals surface area contributed by atoms with Gasteiger partial charge in [-0.3, -0.25) is 10.1 Å². The van der Waals surface area contributed by atoms with Crippen LogP contribution < -0.4 is 10.6 Å². The molecule has 0 rings (SSSR count). The summed E-state index contributed by atoms with van der Waals surface area (Å²) in [6.45, 7) is 4.44. The van der Waals surface area contributed by atoms with E-state index in [-0.39, 0.29) is 12.5 Å². The molecule has 0 aromatic carbocycles. The van der Waals surface area contributed by atoms with Crippen LogP contribution in [0, 0.1) is 29.1 Å². The van der Waals surface area contributed by atoms with Gasteiger partial charge in [0, 0.05) is 6.54 Å². The van der Waals surface area contributed by atoms with Gasteiger partial charge < -0.3 is 5.32 Å². The first-order valence-corrected chi connectivity index (χ1v) is 4.34. The fourth-order valence-electron chi connectivity index (χ4n) is 0.670. The van der Waals surface area contributed by atoms with Crippen LogP contribution in [0.25, 0.3) is 0 Å². The maximum atomic E-state index is 11.1. The van der Waals surface area contributed by atoms with Gasteiger partial charge >= 0.3 is 0 Å². The molecule has 0 spiro atoms. The predicted octanol–water partition coefficient (Wildman–Crippen LogP) is -0.125. The van der Waals surface area contributed by atoms with E-state index >= 15 is 0 Å². The van der Waals surface area contributed by atoms with Crippen LogP contribution in [0.5, 0.6) is 0 Å². The highest BCUT2D eigenvalue weighted by atomic mass is 16.1. The van der Waals surface area contributed by atoms with Crippen molar-refractivity contribution in [2.45, 2.75) is 13.8 Å². The van der Waals surface area contributed by atoms with Crippen LogP contribution in [0.1, 0.15) is 13.8 Å². The molecule has 0 heterocycles. The number of carbonyl (C=O) groups excluding carboxylic acids is 1. The topological polar surface area (TPSA) is 64.9 Å². The number of nitriles is 1. The van der Waals surface area contributed by atoms with Crippen molar-refractivity contribution in [1.29, 1.82) is 5.26 Å². The monoisotopic (exact) mass is 193 g/mol. The van der Waals surface area contributed by atoms with Crippen LogP contribution in [0.3, 0.4) is 0 Å². The van der Waals surface area contributed by atoms with Crippen molar-refractivity contribution < 1.29 is 4.79 Å². The molecule has 76 valence electrons. The van der Waals surface area contributed by atoms with Crippen molar-refractivity contribution in [1.82, 2.24) is 10.6 Å². The van der Waals surface area contributed by atoms with E-state index in [1.165, 1.54) is 0 Å². The number of hydrogen-bond acceptors (Lipinski definition) is 3. The van der Waals surface area contributed by atoms with E-state index in [0.29, 0.717) is 13.1 Å². The lowest BCUT2D eigenvalue weighted by Crippen LogP contribution is -2.38. The molecule has 14 heavy (non-hydrogen) atoms. The molecular weight excluding hydrogens is 178 g/mol. The SMILES string of the molecule is C#CCNCC(=O)NCC(C)(C)C#N. The van der Waals surface area contributed by atoms with Crippen molar-refractivity contribution >= 4 is 5.91 Å². The molecule has 2 N–H and O–H groups in total. The van der Waals surface area contributed by atoms with Gasteiger partial charge in [-0.2, -0.15) is 5.26 Å². The highest BCUT2D eigenvalue weighted by Gasteiger charge is 2.17. The van der Waals surface area contributed by atoms with E-state index in [1.54, 1.807) is 13.8 Å². The molecule has 0 aliphatic heterocycles. The van der Waals surface area contributed by atoms with Gasteiger partial charge in [-0.15, -0.1) is 6.42 Å². The molecular formula is C10H15N3O. The lowest BCUT2D eigenvalue weighted by Gasteiger charge is -2.15. The Kier molecular flexibility index (Phi) is 5.36. The Hall–Kier alpha value is -1.52. The molecule has 4 nitrogen and oxygen atoms in total. The number of amides is 1. The Morgan fingerprint density at radius 2 is 2.21 bits per heavy atom. The van der Waals surface area contributed by atoms with Gasteiger partial charge in [0.25, 0.3) is 0 Å². The van der Waals surface area contributed by atoms with Gasteiger partial charge in [-0.05, 0) is 13.8 Å². The van der Waals surface area contributed by atoms with Crippen LogP contribution in [-0.2, 0) is 4.79 Å². The summed E-state index contributed by atoms with van der Waals surface area (Å²) in [4.78, 5) is 11.1. The molecule has 0 bridgehead atoms. The van der Waals surface area contributed by atoms with E-state index in [2.05, 4.69) is 22.6 Å². The van der Waals surface area contributed by atoms with Crippen molar-refractivity contribution in [2.75, 3.05) is 19.6 Å². The van der Waals surface area contributed by atoms with Crippen molar-refractivity contribution in [3.05, 3.63) is 0 Å². The maximum Gasteiger partial charge on any atom is 0.234 e. The zero-order chi connectivity index (χ0) is 11.0. The first-order valence-electron chi connectivity index (χ1n) is 4.34. The highest BCUT2D eigenvalue weighted by Crippen LogP contribution is 2.09. The summed E-state index contributed by atoms with van der Waals surface area (Å²) < 4.78 is 0. The normalized spacial score (nSPS) is 10.0. The Bertz CT molecular complexity index is 270. The number of hydrogen-bond donors (Lipinski definition) is 2. The molecule has 0 aliphatic carbocycles. The zero-order valence-corrected chi connectivity index (χ0v) is 8.55. The lowest BCUT2D eigenvalue weighted by molar-refractivity contribution is -0.120. The second-order valence-electron chi connectivity index (χ2n) is 3.58.